The number of para-hydroxylation sites is 2. The Kier molecular flexibility index (Phi) is 5.48. The second-order valence-electron chi connectivity index (χ2n) is 4.42. The van der Waals surface area contributed by atoms with Crippen molar-refractivity contribution >= 4 is 40.5 Å². The molecule has 110 valence electrons. The van der Waals surface area contributed by atoms with Gasteiger partial charge in [0.25, 0.3) is 0 Å². The number of likely N-dealkylation sites (N-methyl/N-ethyl adjacent to an activating group) is 1. The third kappa shape index (κ3) is 3.90. The molecule has 0 heterocycles. The van der Waals surface area contributed by atoms with E-state index in [2.05, 4.69) is 5.32 Å². The van der Waals surface area contributed by atoms with Gasteiger partial charge >= 0.3 is 0 Å². The monoisotopic (exact) mass is 322 g/mol. The van der Waals surface area contributed by atoms with E-state index in [4.69, 9.17) is 23.2 Å². The van der Waals surface area contributed by atoms with E-state index < -0.39 is 0 Å². The molecule has 0 aliphatic carbocycles. The van der Waals surface area contributed by atoms with Crippen molar-refractivity contribution in [2.75, 3.05) is 23.3 Å². The second kappa shape index (κ2) is 7.34. The molecular formula is C16H16Cl2N2O. The maximum absolute atomic E-state index is 12.3. The molecule has 21 heavy (non-hydrogen) atoms. The molecule has 0 aliphatic rings. The normalized spacial score (nSPS) is 10.2. The van der Waals surface area contributed by atoms with Crippen LogP contribution in [0.25, 0.3) is 0 Å². The zero-order chi connectivity index (χ0) is 15.2. The highest BCUT2D eigenvalue weighted by Crippen LogP contribution is 2.29. The Bertz CT molecular complexity index is 597. The van der Waals surface area contributed by atoms with Crippen molar-refractivity contribution in [3.63, 3.8) is 0 Å². The maximum atomic E-state index is 12.3. The SMILES string of the molecule is CCN(C(=O)CNc1c(Cl)cccc1Cl)c1ccccc1. The summed E-state index contributed by atoms with van der Waals surface area (Å²) in [6.45, 7) is 2.67. The Morgan fingerprint density at radius 1 is 1.05 bits per heavy atom. The Morgan fingerprint density at radius 2 is 1.67 bits per heavy atom. The van der Waals surface area contributed by atoms with Crippen LogP contribution in [0, 0.1) is 0 Å². The summed E-state index contributed by atoms with van der Waals surface area (Å²) in [7, 11) is 0. The number of hydrogen-bond donors (Lipinski definition) is 1. The number of amides is 1. The molecule has 0 unspecified atom stereocenters. The fourth-order valence-corrected chi connectivity index (χ4v) is 2.57. The smallest absolute Gasteiger partial charge is 0.246 e. The number of carbonyl (C=O) groups is 1. The molecule has 0 aromatic heterocycles. The van der Waals surface area contributed by atoms with Crippen LogP contribution < -0.4 is 10.2 Å². The van der Waals surface area contributed by atoms with Gasteiger partial charge in [-0.25, -0.2) is 0 Å². The highest BCUT2D eigenvalue weighted by Gasteiger charge is 2.14. The Balaban J connectivity index is 2.07. The largest absolute Gasteiger partial charge is 0.374 e. The predicted octanol–water partition coefficient (Wildman–Crippen LogP) is 4.46. The predicted molar refractivity (Wildman–Crippen MR) is 89.4 cm³/mol. The second-order valence-corrected chi connectivity index (χ2v) is 5.24. The van der Waals surface area contributed by atoms with Crippen LogP contribution in [-0.4, -0.2) is 19.0 Å². The molecule has 0 saturated carbocycles. The fourth-order valence-electron chi connectivity index (χ4n) is 2.04. The standard InChI is InChI=1S/C16H16Cl2N2O/c1-2-20(12-7-4-3-5-8-12)15(21)11-19-16-13(17)9-6-10-14(16)18/h3-10,19H,2,11H2,1H3. The highest BCUT2D eigenvalue weighted by molar-refractivity contribution is 6.39. The fraction of sp³-hybridized carbons (Fsp3) is 0.188. The van der Waals surface area contributed by atoms with Crippen molar-refractivity contribution < 1.29 is 4.79 Å². The topological polar surface area (TPSA) is 32.3 Å². The number of nitrogens with zero attached hydrogens (tertiary/aromatic N) is 1. The van der Waals surface area contributed by atoms with Crippen LogP contribution in [0.3, 0.4) is 0 Å². The highest BCUT2D eigenvalue weighted by atomic mass is 35.5. The van der Waals surface area contributed by atoms with Crippen molar-refractivity contribution in [2.24, 2.45) is 0 Å². The minimum atomic E-state index is -0.0420. The number of benzene rings is 2. The van der Waals surface area contributed by atoms with Gasteiger partial charge in [-0.1, -0.05) is 47.5 Å². The molecule has 2 aromatic rings. The van der Waals surface area contributed by atoms with E-state index in [0.717, 1.165) is 5.69 Å². The van der Waals surface area contributed by atoms with Gasteiger partial charge in [-0.05, 0) is 31.2 Å². The van der Waals surface area contributed by atoms with Gasteiger partial charge in [0.15, 0.2) is 0 Å². The molecule has 0 radical (unpaired) electrons. The maximum Gasteiger partial charge on any atom is 0.246 e. The molecule has 5 heteroatoms. The van der Waals surface area contributed by atoms with E-state index >= 15 is 0 Å². The van der Waals surface area contributed by atoms with E-state index in [1.165, 1.54) is 0 Å². The molecule has 2 aromatic carbocycles. The number of anilines is 2. The third-order valence-electron chi connectivity index (χ3n) is 3.06. The van der Waals surface area contributed by atoms with Crippen molar-refractivity contribution in [1.82, 2.24) is 0 Å². The molecule has 0 fully saturated rings. The number of carbonyl (C=O) groups excluding carboxylic acids is 1. The summed E-state index contributed by atoms with van der Waals surface area (Å²) in [4.78, 5) is 14.1. The van der Waals surface area contributed by atoms with Gasteiger partial charge < -0.3 is 10.2 Å². The number of hydrogen-bond acceptors (Lipinski definition) is 2. The Labute approximate surface area is 134 Å². The molecule has 1 amide bonds. The van der Waals surface area contributed by atoms with Crippen LogP contribution >= 0.6 is 23.2 Å². The summed E-state index contributed by atoms with van der Waals surface area (Å²) in [5, 5.41) is 4.01. The average molecular weight is 323 g/mol. The average Bonchev–Trinajstić information content (AvgIpc) is 2.48. The minimum Gasteiger partial charge on any atom is -0.374 e. The lowest BCUT2D eigenvalue weighted by atomic mass is 10.2. The Hall–Kier alpha value is -1.71. The zero-order valence-electron chi connectivity index (χ0n) is 11.6. The van der Waals surface area contributed by atoms with Crippen LogP contribution in [0.15, 0.2) is 48.5 Å². The number of nitrogens with one attached hydrogen (secondary N) is 1. The van der Waals surface area contributed by atoms with Crippen LogP contribution in [0.4, 0.5) is 11.4 Å². The first-order valence-corrected chi connectivity index (χ1v) is 7.42. The summed E-state index contributed by atoms with van der Waals surface area (Å²) < 4.78 is 0. The van der Waals surface area contributed by atoms with Crippen molar-refractivity contribution in [3.8, 4) is 0 Å². The van der Waals surface area contributed by atoms with Crippen molar-refractivity contribution in [1.29, 1.82) is 0 Å². The molecular weight excluding hydrogens is 307 g/mol. The van der Waals surface area contributed by atoms with Crippen LogP contribution in [0.5, 0.6) is 0 Å². The summed E-state index contributed by atoms with van der Waals surface area (Å²) in [6.07, 6.45) is 0. The lowest BCUT2D eigenvalue weighted by Gasteiger charge is -2.21. The van der Waals surface area contributed by atoms with Gasteiger partial charge in [-0.15, -0.1) is 0 Å². The molecule has 0 spiro atoms. The summed E-state index contributed by atoms with van der Waals surface area (Å²) >= 11 is 12.1. The number of rotatable bonds is 5. The van der Waals surface area contributed by atoms with Crippen LogP contribution in [0.2, 0.25) is 10.0 Å². The van der Waals surface area contributed by atoms with Crippen LogP contribution in [0.1, 0.15) is 6.92 Å². The summed E-state index contributed by atoms with van der Waals surface area (Å²) in [6, 6.07) is 14.8. The van der Waals surface area contributed by atoms with Gasteiger partial charge in [0.1, 0.15) is 0 Å². The van der Waals surface area contributed by atoms with Gasteiger partial charge in [0, 0.05) is 12.2 Å². The van der Waals surface area contributed by atoms with E-state index in [1.807, 2.05) is 37.3 Å². The molecule has 2 rings (SSSR count). The molecule has 0 saturated heterocycles. The first-order valence-electron chi connectivity index (χ1n) is 6.66. The first kappa shape index (κ1) is 15.7. The zero-order valence-corrected chi connectivity index (χ0v) is 13.2. The van der Waals surface area contributed by atoms with E-state index in [0.29, 0.717) is 22.3 Å². The van der Waals surface area contributed by atoms with E-state index in [1.54, 1.807) is 23.1 Å². The van der Waals surface area contributed by atoms with E-state index in [-0.39, 0.29) is 12.5 Å². The molecule has 0 atom stereocenters. The van der Waals surface area contributed by atoms with Crippen molar-refractivity contribution in [3.05, 3.63) is 58.6 Å². The van der Waals surface area contributed by atoms with E-state index in [9.17, 15) is 4.79 Å². The van der Waals surface area contributed by atoms with Gasteiger partial charge in [0.2, 0.25) is 5.91 Å². The molecule has 0 bridgehead atoms. The van der Waals surface area contributed by atoms with Gasteiger partial charge in [0.05, 0.1) is 22.3 Å². The molecule has 0 aliphatic heterocycles. The number of halogens is 2. The Morgan fingerprint density at radius 3 is 2.24 bits per heavy atom. The van der Waals surface area contributed by atoms with Gasteiger partial charge in [-0.3, -0.25) is 4.79 Å². The summed E-state index contributed by atoms with van der Waals surface area (Å²) in [5.74, 6) is -0.0420. The minimum absolute atomic E-state index is 0.0420. The van der Waals surface area contributed by atoms with Crippen molar-refractivity contribution in [2.45, 2.75) is 6.92 Å². The molecule has 3 nitrogen and oxygen atoms in total. The quantitative estimate of drug-likeness (QED) is 0.881. The molecule has 1 N–H and O–H groups in total. The lowest BCUT2D eigenvalue weighted by Crippen LogP contribution is -2.35. The third-order valence-corrected chi connectivity index (χ3v) is 3.69. The van der Waals surface area contributed by atoms with Gasteiger partial charge in [-0.2, -0.15) is 0 Å². The lowest BCUT2D eigenvalue weighted by molar-refractivity contribution is -0.116. The summed E-state index contributed by atoms with van der Waals surface area (Å²) in [5.41, 5.74) is 1.45. The first-order chi connectivity index (χ1) is 10.1. The van der Waals surface area contributed by atoms with Crippen LogP contribution in [-0.2, 0) is 4.79 Å².